The average Bonchev–Trinajstić information content (AvgIpc) is 2.04. The summed E-state index contributed by atoms with van der Waals surface area (Å²) in [5.74, 6) is 0. The summed E-state index contributed by atoms with van der Waals surface area (Å²) in [6, 6.07) is 0. The Hall–Kier alpha value is -0.630. The molecule has 0 rings (SSSR count). The van der Waals surface area contributed by atoms with Crippen molar-refractivity contribution in [2.45, 2.75) is 39.2 Å². The zero-order valence-corrected chi connectivity index (χ0v) is 8.17. The van der Waals surface area contributed by atoms with Crippen LogP contribution in [0, 0.1) is 0 Å². The van der Waals surface area contributed by atoms with Gasteiger partial charge in [-0.15, -0.1) is 0 Å². The zero-order chi connectivity index (χ0) is 9.40. The number of hydrogen-bond donors (Lipinski definition) is 0. The first-order valence-corrected chi connectivity index (χ1v) is 4.38. The summed E-state index contributed by atoms with van der Waals surface area (Å²) in [7, 11) is 1.72. The molecule has 2 nitrogen and oxygen atoms in total. The van der Waals surface area contributed by atoms with Gasteiger partial charge in [0.1, 0.15) is 6.29 Å². The van der Waals surface area contributed by atoms with Gasteiger partial charge >= 0.3 is 0 Å². The van der Waals surface area contributed by atoms with E-state index in [4.69, 9.17) is 4.74 Å². The van der Waals surface area contributed by atoms with Crippen molar-refractivity contribution in [2.24, 2.45) is 0 Å². The lowest BCUT2D eigenvalue weighted by molar-refractivity contribution is -0.104. The van der Waals surface area contributed by atoms with Gasteiger partial charge in [-0.3, -0.25) is 4.79 Å². The van der Waals surface area contributed by atoms with Gasteiger partial charge in [0, 0.05) is 7.11 Å². The summed E-state index contributed by atoms with van der Waals surface area (Å²) in [6.07, 6.45) is 5.73. The molecule has 70 valence electrons. The first kappa shape index (κ1) is 11.4. The predicted octanol–water partition coefficient (Wildman–Crippen LogP) is 2.34. The molecule has 0 aliphatic rings. The highest BCUT2D eigenvalue weighted by Gasteiger charge is 2.05. The molecule has 2 heteroatoms. The minimum Gasteiger partial charge on any atom is -0.381 e. The monoisotopic (exact) mass is 170 g/mol. The molecular formula is C10H18O2. The van der Waals surface area contributed by atoms with Crippen molar-refractivity contribution in [1.29, 1.82) is 0 Å². The first-order chi connectivity index (χ1) is 5.74. The van der Waals surface area contributed by atoms with Crippen LogP contribution in [0.4, 0.5) is 0 Å². The summed E-state index contributed by atoms with van der Waals surface area (Å²) >= 11 is 0. The van der Waals surface area contributed by atoms with Crippen LogP contribution in [0.3, 0.4) is 0 Å². The quantitative estimate of drug-likeness (QED) is 0.452. The van der Waals surface area contributed by atoms with Crippen molar-refractivity contribution in [3.8, 4) is 0 Å². The molecule has 1 unspecified atom stereocenters. The summed E-state index contributed by atoms with van der Waals surface area (Å²) in [6.45, 7) is 4.08. The topological polar surface area (TPSA) is 26.3 Å². The minimum atomic E-state index is 0.270. The van der Waals surface area contributed by atoms with Gasteiger partial charge < -0.3 is 4.74 Å². The number of hydrogen-bond acceptors (Lipinski definition) is 2. The standard InChI is InChI=1S/C10H18O2/c1-4-5-10(12-3)8-9(2)6-7-11/h6-7,10H,4-5,8H2,1-3H3/b9-6+. The van der Waals surface area contributed by atoms with Gasteiger partial charge in [0.2, 0.25) is 0 Å². The van der Waals surface area contributed by atoms with E-state index in [1.807, 2.05) is 6.92 Å². The molecule has 0 aromatic heterocycles. The van der Waals surface area contributed by atoms with Crippen molar-refractivity contribution >= 4 is 6.29 Å². The first-order valence-electron chi connectivity index (χ1n) is 4.38. The highest BCUT2D eigenvalue weighted by molar-refractivity contribution is 5.65. The van der Waals surface area contributed by atoms with Gasteiger partial charge in [0.15, 0.2) is 0 Å². The normalized spacial score (nSPS) is 14.4. The van der Waals surface area contributed by atoms with E-state index in [2.05, 4.69) is 6.92 Å². The highest BCUT2D eigenvalue weighted by atomic mass is 16.5. The van der Waals surface area contributed by atoms with Crippen LogP contribution in [-0.2, 0) is 9.53 Å². The third-order valence-corrected chi connectivity index (χ3v) is 1.85. The number of aldehydes is 1. The Balaban J connectivity index is 3.83. The summed E-state index contributed by atoms with van der Waals surface area (Å²) in [4.78, 5) is 10.1. The number of ether oxygens (including phenoxy) is 1. The smallest absolute Gasteiger partial charge is 0.142 e. The van der Waals surface area contributed by atoms with Crippen LogP contribution < -0.4 is 0 Å². The molecule has 0 amide bonds. The minimum absolute atomic E-state index is 0.270. The van der Waals surface area contributed by atoms with E-state index < -0.39 is 0 Å². The van der Waals surface area contributed by atoms with E-state index in [-0.39, 0.29) is 6.10 Å². The van der Waals surface area contributed by atoms with Crippen molar-refractivity contribution in [3.05, 3.63) is 11.6 Å². The van der Waals surface area contributed by atoms with Crippen molar-refractivity contribution in [3.63, 3.8) is 0 Å². The third-order valence-electron chi connectivity index (χ3n) is 1.85. The molecule has 0 aromatic carbocycles. The summed E-state index contributed by atoms with van der Waals surface area (Å²) in [5.41, 5.74) is 1.09. The third kappa shape index (κ3) is 5.08. The van der Waals surface area contributed by atoms with Crippen LogP contribution in [-0.4, -0.2) is 19.5 Å². The van der Waals surface area contributed by atoms with Crippen LogP contribution in [0.15, 0.2) is 11.6 Å². The van der Waals surface area contributed by atoms with E-state index >= 15 is 0 Å². The van der Waals surface area contributed by atoms with Crippen LogP contribution in [0.5, 0.6) is 0 Å². The van der Waals surface area contributed by atoms with Crippen molar-refractivity contribution in [1.82, 2.24) is 0 Å². The van der Waals surface area contributed by atoms with E-state index in [9.17, 15) is 4.79 Å². The Morgan fingerprint density at radius 1 is 1.58 bits per heavy atom. The zero-order valence-electron chi connectivity index (χ0n) is 8.17. The maximum Gasteiger partial charge on any atom is 0.142 e. The molecule has 0 heterocycles. The average molecular weight is 170 g/mol. The number of methoxy groups -OCH3 is 1. The van der Waals surface area contributed by atoms with Gasteiger partial charge in [-0.05, 0) is 25.8 Å². The van der Waals surface area contributed by atoms with Crippen LogP contribution in [0.2, 0.25) is 0 Å². The molecule has 0 aliphatic carbocycles. The SMILES string of the molecule is CCCC(C/C(C)=C/C=O)OC. The molecule has 0 radical (unpaired) electrons. The molecule has 0 fully saturated rings. The Labute approximate surface area is 74.6 Å². The van der Waals surface area contributed by atoms with Crippen LogP contribution >= 0.6 is 0 Å². The molecule has 0 N–H and O–H groups in total. The fourth-order valence-electron chi connectivity index (χ4n) is 1.17. The lowest BCUT2D eigenvalue weighted by Gasteiger charge is -2.13. The lowest BCUT2D eigenvalue weighted by Crippen LogP contribution is -2.10. The summed E-state index contributed by atoms with van der Waals surface area (Å²) in [5, 5.41) is 0. The van der Waals surface area contributed by atoms with Gasteiger partial charge in [-0.2, -0.15) is 0 Å². The maximum absolute atomic E-state index is 10.1. The Morgan fingerprint density at radius 3 is 2.67 bits per heavy atom. The fraction of sp³-hybridized carbons (Fsp3) is 0.700. The number of carbonyl (C=O) groups excluding carboxylic acids is 1. The molecule has 0 aromatic rings. The summed E-state index contributed by atoms with van der Waals surface area (Å²) < 4.78 is 5.25. The van der Waals surface area contributed by atoms with E-state index in [0.717, 1.165) is 31.1 Å². The second-order valence-corrected chi connectivity index (χ2v) is 3.00. The van der Waals surface area contributed by atoms with E-state index in [0.29, 0.717) is 0 Å². The second-order valence-electron chi connectivity index (χ2n) is 3.00. The molecule has 1 atom stereocenters. The molecule has 0 aliphatic heterocycles. The van der Waals surface area contributed by atoms with Gasteiger partial charge in [0.25, 0.3) is 0 Å². The molecule has 0 saturated heterocycles. The number of rotatable bonds is 6. The molecule has 0 spiro atoms. The van der Waals surface area contributed by atoms with Gasteiger partial charge in [-0.1, -0.05) is 18.9 Å². The maximum atomic E-state index is 10.1. The number of carbonyl (C=O) groups is 1. The largest absolute Gasteiger partial charge is 0.381 e. The Bertz CT molecular complexity index is 150. The van der Waals surface area contributed by atoms with Crippen LogP contribution in [0.1, 0.15) is 33.1 Å². The second kappa shape index (κ2) is 7.04. The van der Waals surface area contributed by atoms with Gasteiger partial charge in [0.05, 0.1) is 6.10 Å². The van der Waals surface area contributed by atoms with E-state index in [1.165, 1.54) is 0 Å². The van der Waals surface area contributed by atoms with Crippen molar-refractivity contribution < 1.29 is 9.53 Å². The fourth-order valence-corrected chi connectivity index (χ4v) is 1.17. The predicted molar refractivity (Wildman–Crippen MR) is 50.1 cm³/mol. The Kier molecular flexibility index (Phi) is 6.67. The van der Waals surface area contributed by atoms with Gasteiger partial charge in [-0.25, -0.2) is 0 Å². The molecular weight excluding hydrogens is 152 g/mol. The number of allylic oxidation sites excluding steroid dienone is 1. The molecule has 0 bridgehead atoms. The van der Waals surface area contributed by atoms with Crippen LogP contribution in [0.25, 0.3) is 0 Å². The molecule has 0 saturated carbocycles. The lowest BCUT2D eigenvalue weighted by atomic mass is 10.1. The highest BCUT2D eigenvalue weighted by Crippen LogP contribution is 2.11. The van der Waals surface area contributed by atoms with E-state index in [1.54, 1.807) is 13.2 Å². The molecule has 12 heavy (non-hydrogen) atoms. The van der Waals surface area contributed by atoms with Crippen molar-refractivity contribution in [2.75, 3.05) is 7.11 Å². The Morgan fingerprint density at radius 2 is 2.25 bits per heavy atom.